The molecule has 1 aliphatic rings. The van der Waals surface area contributed by atoms with Gasteiger partial charge in [-0.1, -0.05) is 19.1 Å². The molecule has 0 bridgehead atoms. The summed E-state index contributed by atoms with van der Waals surface area (Å²) >= 11 is 0. The fourth-order valence-electron chi connectivity index (χ4n) is 2.98. The van der Waals surface area contributed by atoms with Gasteiger partial charge in [0.25, 0.3) is 5.56 Å². The molecule has 2 aromatic rings. The fourth-order valence-corrected chi connectivity index (χ4v) is 2.98. The maximum Gasteiger partial charge on any atom is 0.292 e. The SMILES string of the molecule is CCC=CCn1c(N2CCCCC2)nc2cnn(C)c(=O)c21. The highest BCUT2D eigenvalue weighted by atomic mass is 16.1. The van der Waals surface area contributed by atoms with Crippen LogP contribution in [0, 0.1) is 0 Å². The van der Waals surface area contributed by atoms with Crippen molar-refractivity contribution in [3.8, 4) is 0 Å². The number of rotatable bonds is 4. The first-order valence-corrected chi connectivity index (χ1v) is 8.05. The number of nitrogens with zero attached hydrogens (tertiary/aromatic N) is 5. The average molecular weight is 301 g/mol. The molecule has 1 aliphatic heterocycles. The summed E-state index contributed by atoms with van der Waals surface area (Å²) < 4.78 is 3.42. The lowest BCUT2D eigenvalue weighted by Gasteiger charge is -2.28. The van der Waals surface area contributed by atoms with Crippen LogP contribution < -0.4 is 10.5 Å². The lowest BCUT2D eigenvalue weighted by atomic mass is 10.1. The Morgan fingerprint density at radius 3 is 2.73 bits per heavy atom. The summed E-state index contributed by atoms with van der Waals surface area (Å²) in [5.41, 5.74) is 1.26. The van der Waals surface area contributed by atoms with Crippen molar-refractivity contribution in [1.29, 1.82) is 0 Å². The van der Waals surface area contributed by atoms with E-state index in [1.807, 2.05) is 4.57 Å². The van der Waals surface area contributed by atoms with E-state index in [1.165, 1.54) is 23.9 Å². The van der Waals surface area contributed by atoms with Gasteiger partial charge in [-0.25, -0.2) is 9.67 Å². The van der Waals surface area contributed by atoms with E-state index in [4.69, 9.17) is 4.98 Å². The van der Waals surface area contributed by atoms with Crippen LogP contribution >= 0.6 is 0 Å². The summed E-state index contributed by atoms with van der Waals surface area (Å²) in [5, 5.41) is 4.09. The van der Waals surface area contributed by atoms with Crippen LogP contribution in [0.5, 0.6) is 0 Å². The van der Waals surface area contributed by atoms with Crippen molar-refractivity contribution >= 4 is 17.0 Å². The van der Waals surface area contributed by atoms with E-state index < -0.39 is 0 Å². The third-order valence-electron chi connectivity index (χ3n) is 4.15. The molecule has 0 spiro atoms. The number of allylic oxidation sites excluding steroid dienone is 2. The molecule has 6 nitrogen and oxygen atoms in total. The van der Waals surface area contributed by atoms with Crippen LogP contribution in [-0.2, 0) is 13.6 Å². The van der Waals surface area contributed by atoms with Crippen LogP contribution in [-0.4, -0.2) is 32.4 Å². The van der Waals surface area contributed by atoms with Crippen molar-refractivity contribution in [1.82, 2.24) is 19.3 Å². The predicted molar refractivity (Wildman–Crippen MR) is 88.3 cm³/mol. The van der Waals surface area contributed by atoms with Gasteiger partial charge in [0.1, 0.15) is 11.0 Å². The average Bonchev–Trinajstić information content (AvgIpc) is 2.92. The minimum Gasteiger partial charge on any atom is -0.342 e. The number of anilines is 1. The van der Waals surface area contributed by atoms with Crippen LogP contribution in [0.3, 0.4) is 0 Å². The number of aromatic nitrogens is 4. The zero-order chi connectivity index (χ0) is 15.5. The first-order chi connectivity index (χ1) is 10.7. The molecular weight excluding hydrogens is 278 g/mol. The second-order valence-corrected chi connectivity index (χ2v) is 5.76. The number of hydrogen-bond acceptors (Lipinski definition) is 4. The maximum absolute atomic E-state index is 12.5. The molecule has 0 aliphatic carbocycles. The standard InChI is InChI=1S/C16H23N5O/c1-3-4-6-11-21-14-13(12-17-19(2)15(14)22)18-16(21)20-9-7-5-8-10-20/h4,6,12H,3,5,7-11H2,1-2H3. The van der Waals surface area contributed by atoms with Crippen molar-refractivity contribution < 1.29 is 0 Å². The molecule has 22 heavy (non-hydrogen) atoms. The zero-order valence-electron chi connectivity index (χ0n) is 13.3. The summed E-state index contributed by atoms with van der Waals surface area (Å²) in [6.45, 7) is 4.80. The van der Waals surface area contributed by atoms with Gasteiger partial charge in [0.15, 0.2) is 0 Å². The van der Waals surface area contributed by atoms with E-state index in [2.05, 4.69) is 29.1 Å². The van der Waals surface area contributed by atoms with E-state index in [-0.39, 0.29) is 5.56 Å². The summed E-state index contributed by atoms with van der Waals surface area (Å²) in [5.74, 6) is 0.903. The largest absolute Gasteiger partial charge is 0.342 e. The molecule has 6 heteroatoms. The molecule has 0 aromatic carbocycles. The van der Waals surface area contributed by atoms with Crippen molar-refractivity contribution in [2.24, 2.45) is 7.05 Å². The first kappa shape index (κ1) is 14.8. The Kier molecular flexibility index (Phi) is 4.27. The normalized spacial score (nSPS) is 16.0. The molecule has 1 saturated heterocycles. The Labute approximate surface area is 130 Å². The lowest BCUT2D eigenvalue weighted by Crippen LogP contribution is -2.32. The monoisotopic (exact) mass is 301 g/mol. The minimum absolute atomic E-state index is 0.0850. The molecule has 0 saturated carbocycles. The maximum atomic E-state index is 12.5. The van der Waals surface area contributed by atoms with Crippen molar-refractivity contribution in [3.63, 3.8) is 0 Å². The summed E-state index contributed by atoms with van der Waals surface area (Å²) in [7, 11) is 1.68. The number of imidazole rings is 1. The topological polar surface area (TPSA) is 56.0 Å². The van der Waals surface area contributed by atoms with Crippen LogP contribution in [0.25, 0.3) is 11.0 Å². The number of aryl methyl sites for hydroxylation is 1. The molecule has 0 atom stereocenters. The molecule has 1 fully saturated rings. The van der Waals surface area contributed by atoms with Gasteiger partial charge in [0, 0.05) is 26.7 Å². The molecule has 2 aromatic heterocycles. The van der Waals surface area contributed by atoms with E-state index in [9.17, 15) is 4.79 Å². The summed E-state index contributed by atoms with van der Waals surface area (Å²) in [4.78, 5) is 19.5. The van der Waals surface area contributed by atoms with Crippen molar-refractivity contribution in [2.75, 3.05) is 18.0 Å². The fraction of sp³-hybridized carbons (Fsp3) is 0.562. The Morgan fingerprint density at radius 1 is 1.23 bits per heavy atom. The summed E-state index contributed by atoms with van der Waals surface area (Å²) in [6.07, 6.45) is 10.5. The van der Waals surface area contributed by atoms with Crippen LogP contribution in [0.2, 0.25) is 0 Å². The quantitative estimate of drug-likeness (QED) is 0.811. The van der Waals surface area contributed by atoms with E-state index in [0.717, 1.165) is 25.5 Å². The van der Waals surface area contributed by atoms with Gasteiger partial charge in [-0.15, -0.1) is 0 Å². The Morgan fingerprint density at radius 2 is 2.00 bits per heavy atom. The van der Waals surface area contributed by atoms with E-state index in [0.29, 0.717) is 17.6 Å². The molecule has 0 amide bonds. The second kappa shape index (κ2) is 6.34. The Balaban J connectivity index is 2.13. The third kappa shape index (κ3) is 2.65. The van der Waals surface area contributed by atoms with E-state index >= 15 is 0 Å². The smallest absolute Gasteiger partial charge is 0.292 e. The number of piperidine rings is 1. The van der Waals surface area contributed by atoms with E-state index in [1.54, 1.807) is 13.2 Å². The lowest BCUT2D eigenvalue weighted by molar-refractivity contribution is 0.560. The highest BCUT2D eigenvalue weighted by Crippen LogP contribution is 2.23. The molecule has 0 radical (unpaired) electrons. The van der Waals surface area contributed by atoms with Gasteiger partial charge < -0.3 is 9.47 Å². The van der Waals surface area contributed by atoms with Crippen molar-refractivity contribution in [2.45, 2.75) is 39.2 Å². The molecule has 118 valence electrons. The van der Waals surface area contributed by atoms with Gasteiger partial charge in [0.05, 0.1) is 6.20 Å². The summed E-state index contributed by atoms with van der Waals surface area (Å²) in [6, 6.07) is 0. The minimum atomic E-state index is -0.0850. The number of fused-ring (bicyclic) bond motifs is 1. The van der Waals surface area contributed by atoms with Gasteiger partial charge in [-0.2, -0.15) is 5.10 Å². The van der Waals surface area contributed by atoms with Crippen molar-refractivity contribution in [3.05, 3.63) is 28.7 Å². The van der Waals surface area contributed by atoms with Crippen LogP contribution in [0.1, 0.15) is 32.6 Å². The first-order valence-electron chi connectivity index (χ1n) is 8.05. The van der Waals surface area contributed by atoms with Gasteiger partial charge >= 0.3 is 0 Å². The van der Waals surface area contributed by atoms with Crippen LogP contribution in [0.15, 0.2) is 23.1 Å². The zero-order valence-corrected chi connectivity index (χ0v) is 13.3. The Hall–Kier alpha value is -2.11. The van der Waals surface area contributed by atoms with Crippen LogP contribution in [0.4, 0.5) is 5.95 Å². The number of hydrogen-bond donors (Lipinski definition) is 0. The molecule has 0 N–H and O–H groups in total. The molecular formula is C16H23N5O. The second-order valence-electron chi connectivity index (χ2n) is 5.76. The third-order valence-corrected chi connectivity index (χ3v) is 4.15. The molecule has 3 rings (SSSR count). The predicted octanol–water partition coefficient (Wildman–Crippen LogP) is 2.09. The molecule has 0 unspecified atom stereocenters. The highest BCUT2D eigenvalue weighted by molar-refractivity contribution is 5.77. The van der Waals surface area contributed by atoms with Gasteiger partial charge in [0.2, 0.25) is 5.95 Å². The Bertz CT molecular complexity index is 737. The van der Waals surface area contributed by atoms with Gasteiger partial charge in [-0.3, -0.25) is 4.79 Å². The highest BCUT2D eigenvalue weighted by Gasteiger charge is 2.20. The van der Waals surface area contributed by atoms with Gasteiger partial charge in [-0.05, 0) is 25.7 Å². The molecule has 3 heterocycles.